The lowest BCUT2D eigenvalue weighted by molar-refractivity contribution is -0.0469. The van der Waals surface area contributed by atoms with E-state index < -0.39 is 53.9 Å². The second kappa shape index (κ2) is 7.93. The largest absolute Gasteiger partial charge is 0.394 e. The fourth-order valence-electron chi connectivity index (χ4n) is 2.25. The van der Waals surface area contributed by atoms with Crippen molar-refractivity contribution in [2.75, 3.05) is 26.9 Å². The van der Waals surface area contributed by atoms with E-state index in [2.05, 4.69) is 5.32 Å². The molecule has 2 rings (SSSR count). The Morgan fingerprint density at radius 2 is 1.96 bits per heavy atom. The SMILES string of the molecule is CO[C@@H](C)[C@@H](CO)NC(=N)c1cc(C2OCCO2)c(F)c(F)c1F. The lowest BCUT2D eigenvalue weighted by atomic mass is 10.1. The van der Waals surface area contributed by atoms with E-state index >= 15 is 0 Å². The Labute approximate surface area is 137 Å². The van der Waals surface area contributed by atoms with Gasteiger partial charge in [-0.05, 0) is 13.0 Å². The van der Waals surface area contributed by atoms with Gasteiger partial charge in [0, 0.05) is 12.7 Å². The average molecular weight is 348 g/mol. The van der Waals surface area contributed by atoms with Gasteiger partial charge in [-0.2, -0.15) is 0 Å². The normalized spacial score (nSPS) is 17.8. The van der Waals surface area contributed by atoms with Crippen LogP contribution in [0.4, 0.5) is 13.2 Å². The second-order valence-corrected chi connectivity index (χ2v) is 5.28. The highest BCUT2D eigenvalue weighted by molar-refractivity contribution is 5.97. The van der Waals surface area contributed by atoms with Gasteiger partial charge in [-0.3, -0.25) is 5.41 Å². The number of rotatable bonds is 6. The predicted octanol–water partition coefficient (Wildman–Crippen LogP) is 1.46. The molecular formula is C15H19F3N2O4. The number of aliphatic hydroxyl groups excluding tert-OH is 1. The summed E-state index contributed by atoms with van der Waals surface area (Å²) in [4.78, 5) is 0. The molecule has 0 bridgehead atoms. The molecule has 0 radical (unpaired) electrons. The minimum Gasteiger partial charge on any atom is -0.394 e. The summed E-state index contributed by atoms with van der Waals surface area (Å²) >= 11 is 0. The molecule has 1 heterocycles. The number of ether oxygens (including phenoxy) is 3. The first-order chi connectivity index (χ1) is 11.4. The van der Waals surface area contributed by atoms with Gasteiger partial charge < -0.3 is 24.6 Å². The molecule has 6 nitrogen and oxygen atoms in total. The Balaban J connectivity index is 2.33. The van der Waals surface area contributed by atoms with E-state index in [9.17, 15) is 18.3 Å². The van der Waals surface area contributed by atoms with E-state index in [1.54, 1.807) is 6.92 Å². The van der Waals surface area contributed by atoms with Crippen LogP contribution in [-0.4, -0.2) is 50.0 Å². The third-order valence-corrected chi connectivity index (χ3v) is 3.79. The van der Waals surface area contributed by atoms with Crippen molar-refractivity contribution < 1.29 is 32.5 Å². The number of hydrogen-bond acceptors (Lipinski definition) is 5. The van der Waals surface area contributed by atoms with Gasteiger partial charge in [0.1, 0.15) is 5.84 Å². The van der Waals surface area contributed by atoms with Crippen molar-refractivity contribution in [2.45, 2.75) is 25.4 Å². The minimum absolute atomic E-state index is 0.200. The summed E-state index contributed by atoms with van der Waals surface area (Å²) in [7, 11) is 1.41. The summed E-state index contributed by atoms with van der Waals surface area (Å²) in [6.45, 7) is 1.64. The molecular weight excluding hydrogens is 329 g/mol. The molecule has 0 aromatic heterocycles. The topological polar surface area (TPSA) is 83.8 Å². The maximum absolute atomic E-state index is 14.0. The highest BCUT2D eigenvalue weighted by Gasteiger charge is 2.29. The van der Waals surface area contributed by atoms with Crippen molar-refractivity contribution in [1.29, 1.82) is 5.41 Å². The van der Waals surface area contributed by atoms with Gasteiger partial charge in [0.2, 0.25) is 0 Å². The van der Waals surface area contributed by atoms with Crippen molar-refractivity contribution in [2.24, 2.45) is 0 Å². The molecule has 1 aromatic carbocycles. The van der Waals surface area contributed by atoms with Crippen LogP contribution in [0, 0.1) is 22.9 Å². The molecule has 24 heavy (non-hydrogen) atoms. The molecule has 2 atom stereocenters. The van der Waals surface area contributed by atoms with E-state index in [4.69, 9.17) is 19.6 Å². The van der Waals surface area contributed by atoms with Crippen molar-refractivity contribution in [3.05, 3.63) is 34.6 Å². The third-order valence-electron chi connectivity index (χ3n) is 3.79. The molecule has 1 aliphatic rings. The lowest BCUT2D eigenvalue weighted by Gasteiger charge is -2.24. The molecule has 3 N–H and O–H groups in total. The first-order valence-corrected chi connectivity index (χ1v) is 7.30. The van der Waals surface area contributed by atoms with Crippen molar-refractivity contribution in [3.63, 3.8) is 0 Å². The van der Waals surface area contributed by atoms with E-state index in [0.717, 1.165) is 6.07 Å². The molecule has 0 aliphatic carbocycles. The Bertz CT molecular complexity index is 609. The van der Waals surface area contributed by atoms with Gasteiger partial charge >= 0.3 is 0 Å². The molecule has 0 spiro atoms. The van der Waals surface area contributed by atoms with Gasteiger partial charge in [0.25, 0.3) is 0 Å². The maximum atomic E-state index is 14.0. The van der Waals surface area contributed by atoms with E-state index in [-0.39, 0.29) is 18.8 Å². The van der Waals surface area contributed by atoms with Crippen LogP contribution in [0.25, 0.3) is 0 Å². The van der Waals surface area contributed by atoms with Crippen LogP contribution in [0.3, 0.4) is 0 Å². The molecule has 0 unspecified atom stereocenters. The quantitative estimate of drug-likeness (QED) is 0.412. The number of nitrogens with one attached hydrogen (secondary N) is 2. The standard InChI is InChI=1S/C15H19F3N2O4/c1-7(22-2)10(6-21)20-14(19)8-5-9(15-23-3-4-24-15)12(17)13(18)11(8)16/h5,7,10,15,21H,3-4,6H2,1-2H3,(H2,19,20)/t7-,10+/m0/s1. The first-order valence-electron chi connectivity index (χ1n) is 7.30. The van der Waals surface area contributed by atoms with Gasteiger partial charge in [-0.25, -0.2) is 13.2 Å². The molecule has 1 aliphatic heterocycles. The molecule has 134 valence electrons. The highest BCUT2D eigenvalue weighted by atomic mass is 19.2. The average Bonchev–Trinajstić information content (AvgIpc) is 3.11. The number of amidine groups is 1. The molecule has 1 fully saturated rings. The molecule has 0 amide bonds. The number of halogens is 3. The first kappa shape index (κ1) is 18.7. The molecule has 9 heteroatoms. The van der Waals surface area contributed by atoms with Gasteiger partial charge in [0.15, 0.2) is 23.7 Å². The van der Waals surface area contributed by atoms with Crippen molar-refractivity contribution >= 4 is 5.84 Å². The fourth-order valence-corrected chi connectivity index (χ4v) is 2.25. The van der Waals surface area contributed by atoms with Crippen molar-refractivity contribution in [1.82, 2.24) is 5.32 Å². The Morgan fingerprint density at radius 1 is 1.33 bits per heavy atom. The maximum Gasteiger partial charge on any atom is 0.195 e. The van der Waals surface area contributed by atoms with Crippen LogP contribution in [0.5, 0.6) is 0 Å². The summed E-state index contributed by atoms with van der Waals surface area (Å²) < 4.78 is 57.1. The zero-order valence-corrected chi connectivity index (χ0v) is 13.2. The summed E-state index contributed by atoms with van der Waals surface area (Å²) in [5, 5.41) is 19.8. The van der Waals surface area contributed by atoms with Gasteiger partial charge in [0.05, 0.1) is 37.5 Å². The number of methoxy groups -OCH3 is 1. The number of aliphatic hydroxyl groups is 1. The number of benzene rings is 1. The van der Waals surface area contributed by atoms with Crippen LogP contribution < -0.4 is 5.32 Å². The highest BCUT2D eigenvalue weighted by Crippen LogP contribution is 2.29. The van der Waals surface area contributed by atoms with E-state index in [0.29, 0.717) is 0 Å². The summed E-state index contributed by atoms with van der Waals surface area (Å²) in [5.41, 5.74) is -0.821. The predicted molar refractivity (Wildman–Crippen MR) is 78.3 cm³/mol. The van der Waals surface area contributed by atoms with Crippen LogP contribution in [0.1, 0.15) is 24.3 Å². The third kappa shape index (κ3) is 3.69. The van der Waals surface area contributed by atoms with Gasteiger partial charge in [-0.1, -0.05) is 0 Å². The summed E-state index contributed by atoms with van der Waals surface area (Å²) in [6.07, 6.45) is -1.65. The Hall–Kier alpha value is -1.68. The van der Waals surface area contributed by atoms with Crippen LogP contribution in [-0.2, 0) is 14.2 Å². The molecule has 0 saturated carbocycles. The Kier molecular flexibility index (Phi) is 6.16. The minimum atomic E-state index is -1.71. The van der Waals surface area contributed by atoms with E-state index in [1.165, 1.54) is 7.11 Å². The van der Waals surface area contributed by atoms with Gasteiger partial charge in [-0.15, -0.1) is 0 Å². The summed E-state index contributed by atoms with van der Waals surface area (Å²) in [5.74, 6) is -5.16. The second-order valence-electron chi connectivity index (χ2n) is 5.28. The zero-order chi connectivity index (χ0) is 17.9. The number of hydrogen-bond donors (Lipinski definition) is 3. The zero-order valence-electron chi connectivity index (χ0n) is 13.2. The summed E-state index contributed by atoms with van der Waals surface area (Å²) in [6, 6.07) is 0.239. The molecule has 1 saturated heterocycles. The monoisotopic (exact) mass is 348 g/mol. The smallest absolute Gasteiger partial charge is 0.195 e. The van der Waals surface area contributed by atoms with Crippen LogP contribution >= 0.6 is 0 Å². The lowest BCUT2D eigenvalue weighted by Crippen LogP contribution is -2.45. The van der Waals surface area contributed by atoms with E-state index in [1.807, 2.05) is 0 Å². The van der Waals surface area contributed by atoms with Crippen molar-refractivity contribution in [3.8, 4) is 0 Å². The Morgan fingerprint density at radius 3 is 2.50 bits per heavy atom. The van der Waals surface area contributed by atoms with Crippen LogP contribution in [0.2, 0.25) is 0 Å². The fraction of sp³-hybridized carbons (Fsp3) is 0.533. The molecule has 1 aromatic rings. The van der Waals surface area contributed by atoms with Crippen LogP contribution in [0.15, 0.2) is 6.07 Å².